The molecule has 0 bridgehead atoms. The lowest BCUT2D eigenvalue weighted by atomic mass is 10.1. The van der Waals surface area contributed by atoms with Crippen LogP contribution in [0.15, 0.2) is 0 Å². The Kier molecular flexibility index (Phi) is 3.67. The minimum absolute atomic E-state index is 0.105. The Balaban J connectivity index is 2.46. The van der Waals surface area contributed by atoms with Gasteiger partial charge in [0, 0.05) is 18.6 Å². The number of alkyl halides is 1. The summed E-state index contributed by atoms with van der Waals surface area (Å²) in [5, 5.41) is 8.42. The van der Waals surface area contributed by atoms with Crippen molar-refractivity contribution < 1.29 is 19.0 Å². The number of aliphatic carboxylic acids is 1. The van der Waals surface area contributed by atoms with Crippen molar-refractivity contribution in [2.75, 3.05) is 19.7 Å². The molecule has 1 N–H and O–H groups in total. The van der Waals surface area contributed by atoms with Gasteiger partial charge in [-0.15, -0.1) is 0 Å². The zero-order chi connectivity index (χ0) is 11.6. The van der Waals surface area contributed by atoms with E-state index >= 15 is 0 Å². The highest BCUT2D eigenvalue weighted by molar-refractivity contribution is 5.68. The van der Waals surface area contributed by atoms with E-state index in [2.05, 4.69) is 0 Å². The van der Waals surface area contributed by atoms with Crippen molar-refractivity contribution in [3.05, 3.63) is 0 Å². The molecule has 1 aliphatic rings. The normalized spacial score (nSPS) is 28.3. The second-order valence-electron chi connectivity index (χ2n) is 4.83. The summed E-state index contributed by atoms with van der Waals surface area (Å²) in [6.45, 7) is 6.34. The SMILES string of the molecule is CC(C)(C)N1CC(F)C(OCC(=O)O)C1. The van der Waals surface area contributed by atoms with Gasteiger partial charge in [0.1, 0.15) is 18.9 Å². The third-order valence-corrected chi connectivity index (χ3v) is 2.57. The highest BCUT2D eigenvalue weighted by atomic mass is 19.1. The van der Waals surface area contributed by atoms with Gasteiger partial charge in [0.25, 0.3) is 0 Å². The Morgan fingerprint density at radius 2 is 2.13 bits per heavy atom. The first-order chi connectivity index (χ1) is 6.80. The second-order valence-corrected chi connectivity index (χ2v) is 4.83. The number of carboxylic acids is 1. The van der Waals surface area contributed by atoms with Gasteiger partial charge in [0.05, 0.1) is 0 Å². The molecule has 2 unspecified atom stereocenters. The molecular weight excluding hydrogens is 201 g/mol. The van der Waals surface area contributed by atoms with Crippen molar-refractivity contribution in [3.8, 4) is 0 Å². The summed E-state index contributed by atoms with van der Waals surface area (Å²) in [6, 6.07) is 0. The van der Waals surface area contributed by atoms with Crippen LogP contribution in [-0.4, -0.2) is 53.5 Å². The van der Waals surface area contributed by atoms with Crippen LogP contribution in [0, 0.1) is 0 Å². The molecule has 15 heavy (non-hydrogen) atoms. The highest BCUT2D eigenvalue weighted by Gasteiger charge is 2.38. The number of likely N-dealkylation sites (tertiary alicyclic amines) is 1. The first-order valence-electron chi connectivity index (χ1n) is 5.03. The van der Waals surface area contributed by atoms with E-state index in [1.807, 2.05) is 25.7 Å². The fourth-order valence-corrected chi connectivity index (χ4v) is 1.62. The Hall–Kier alpha value is -0.680. The Bertz CT molecular complexity index is 239. The number of carbonyl (C=O) groups is 1. The van der Waals surface area contributed by atoms with Crippen LogP contribution in [0.25, 0.3) is 0 Å². The zero-order valence-electron chi connectivity index (χ0n) is 9.36. The molecule has 1 heterocycles. The third-order valence-electron chi connectivity index (χ3n) is 2.57. The van der Waals surface area contributed by atoms with Crippen LogP contribution in [0.4, 0.5) is 4.39 Å². The summed E-state index contributed by atoms with van der Waals surface area (Å²) < 4.78 is 18.4. The van der Waals surface area contributed by atoms with E-state index in [1.165, 1.54) is 0 Å². The summed E-state index contributed by atoms with van der Waals surface area (Å²) in [7, 11) is 0. The van der Waals surface area contributed by atoms with Crippen molar-refractivity contribution in [1.29, 1.82) is 0 Å². The van der Waals surface area contributed by atoms with Gasteiger partial charge < -0.3 is 9.84 Å². The molecule has 1 saturated heterocycles. The lowest BCUT2D eigenvalue weighted by Gasteiger charge is -2.31. The molecule has 2 atom stereocenters. The number of carboxylic acid groups (broad SMARTS) is 1. The van der Waals surface area contributed by atoms with Crippen LogP contribution in [0.2, 0.25) is 0 Å². The van der Waals surface area contributed by atoms with Crippen LogP contribution >= 0.6 is 0 Å². The molecule has 0 radical (unpaired) electrons. The van der Waals surface area contributed by atoms with Crippen LogP contribution in [0.3, 0.4) is 0 Å². The smallest absolute Gasteiger partial charge is 0.329 e. The van der Waals surface area contributed by atoms with Gasteiger partial charge >= 0.3 is 5.97 Å². The monoisotopic (exact) mass is 219 g/mol. The molecule has 0 saturated carbocycles. The molecule has 0 aliphatic carbocycles. The summed E-state index contributed by atoms with van der Waals surface area (Å²) >= 11 is 0. The summed E-state index contributed by atoms with van der Waals surface area (Å²) in [4.78, 5) is 12.2. The number of hydrogen-bond acceptors (Lipinski definition) is 3. The van der Waals surface area contributed by atoms with Crippen LogP contribution in [0.1, 0.15) is 20.8 Å². The number of ether oxygens (including phenoxy) is 1. The molecule has 0 aromatic rings. The van der Waals surface area contributed by atoms with E-state index in [1.54, 1.807) is 0 Å². The summed E-state index contributed by atoms with van der Waals surface area (Å²) in [5.41, 5.74) is -0.105. The largest absolute Gasteiger partial charge is 0.480 e. The quantitative estimate of drug-likeness (QED) is 0.766. The molecule has 1 rings (SSSR count). The molecular formula is C10H18FNO3. The molecule has 88 valence electrons. The molecule has 0 spiro atoms. The predicted octanol–water partition coefficient (Wildman–Crippen LogP) is 0.908. The number of nitrogens with zero attached hydrogens (tertiary/aromatic N) is 1. The molecule has 1 aliphatic heterocycles. The van der Waals surface area contributed by atoms with Crippen molar-refractivity contribution >= 4 is 5.97 Å². The van der Waals surface area contributed by atoms with Crippen LogP contribution in [-0.2, 0) is 9.53 Å². The predicted molar refractivity (Wildman–Crippen MR) is 53.6 cm³/mol. The maximum atomic E-state index is 13.5. The van der Waals surface area contributed by atoms with E-state index in [0.717, 1.165) is 0 Å². The summed E-state index contributed by atoms with van der Waals surface area (Å²) in [6.07, 6.45) is -1.70. The lowest BCUT2D eigenvalue weighted by Crippen LogP contribution is -2.40. The fourth-order valence-electron chi connectivity index (χ4n) is 1.62. The van der Waals surface area contributed by atoms with Gasteiger partial charge in [-0.1, -0.05) is 0 Å². The van der Waals surface area contributed by atoms with Gasteiger partial charge in [-0.3, -0.25) is 4.90 Å². The van der Waals surface area contributed by atoms with E-state index in [-0.39, 0.29) is 5.54 Å². The van der Waals surface area contributed by atoms with E-state index in [0.29, 0.717) is 13.1 Å². The lowest BCUT2D eigenvalue weighted by molar-refractivity contribution is -0.145. The van der Waals surface area contributed by atoms with Crippen molar-refractivity contribution in [3.63, 3.8) is 0 Å². The van der Waals surface area contributed by atoms with Gasteiger partial charge in [-0.25, -0.2) is 9.18 Å². The molecule has 1 fully saturated rings. The fraction of sp³-hybridized carbons (Fsp3) is 0.900. The van der Waals surface area contributed by atoms with Crippen LogP contribution in [0.5, 0.6) is 0 Å². The minimum Gasteiger partial charge on any atom is -0.480 e. The Morgan fingerprint density at radius 3 is 2.53 bits per heavy atom. The number of rotatable bonds is 3. The molecule has 4 nitrogen and oxygen atoms in total. The Labute approximate surface area is 89.0 Å². The zero-order valence-corrected chi connectivity index (χ0v) is 9.36. The maximum Gasteiger partial charge on any atom is 0.329 e. The molecule has 0 aromatic carbocycles. The van der Waals surface area contributed by atoms with Crippen molar-refractivity contribution in [1.82, 2.24) is 4.90 Å². The van der Waals surface area contributed by atoms with E-state index in [9.17, 15) is 9.18 Å². The molecule has 0 aromatic heterocycles. The number of halogens is 1. The standard InChI is InChI=1S/C10H18FNO3/c1-10(2,3)12-4-7(11)8(5-12)15-6-9(13)14/h7-8H,4-6H2,1-3H3,(H,13,14). The molecule has 0 amide bonds. The van der Waals surface area contributed by atoms with Gasteiger partial charge in [0.15, 0.2) is 0 Å². The van der Waals surface area contributed by atoms with Gasteiger partial charge in [-0.2, -0.15) is 0 Å². The summed E-state index contributed by atoms with van der Waals surface area (Å²) in [5.74, 6) is -1.06. The first kappa shape index (κ1) is 12.4. The van der Waals surface area contributed by atoms with Gasteiger partial charge in [0.2, 0.25) is 0 Å². The van der Waals surface area contributed by atoms with Crippen molar-refractivity contribution in [2.24, 2.45) is 0 Å². The number of hydrogen-bond donors (Lipinski definition) is 1. The average molecular weight is 219 g/mol. The van der Waals surface area contributed by atoms with Gasteiger partial charge in [-0.05, 0) is 20.8 Å². The second kappa shape index (κ2) is 4.45. The maximum absolute atomic E-state index is 13.5. The van der Waals surface area contributed by atoms with Crippen LogP contribution < -0.4 is 0 Å². The topological polar surface area (TPSA) is 49.8 Å². The minimum atomic E-state index is -1.09. The van der Waals surface area contributed by atoms with E-state index in [4.69, 9.17) is 9.84 Å². The Morgan fingerprint density at radius 1 is 1.53 bits per heavy atom. The third kappa shape index (κ3) is 3.43. The first-order valence-corrected chi connectivity index (χ1v) is 5.03. The highest BCUT2D eigenvalue weighted by Crippen LogP contribution is 2.24. The van der Waals surface area contributed by atoms with Crippen molar-refractivity contribution in [2.45, 2.75) is 38.6 Å². The average Bonchev–Trinajstić information content (AvgIpc) is 2.42. The van der Waals surface area contributed by atoms with E-state index < -0.39 is 24.9 Å². The molecule has 5 heteroatoms.